The van der Waals surface area contributed by atoms with Crippen LogP contribution in [0.1, 0.15) is 29.7 Å². The van der Waals surface area contributed by atoms with Crippen LogP contribution in [0.15, 0.2) is 54.6 Å². The topological polar surface area (TPSA) is 69.0 Å². The number of amides is 1. The summed E-state index contributed by atoms with van der Waals surface area (Å²) >= 11 is 5.88. The Balaban J connectivity index is 1.44. The second-order valence-corrected chi connectivity index (χ2v) is 8.24. The lowest BCUT2D eigenvalue weighted by molar-refractivity contribution is -0.116. The number of pyridine rings is 1. The molecule has 4 aromatic rings. The second kappa shape index (κ2) is 9.40. The SMILES string of the molecule is Cc1cc(NC(=O)CCCOc2ccc(Cl)cc2)n(-c2cc(C)c3cccc(C)c3n2)n1. The highest BCUT2D eigenvalue weighted by molar-refractivity contribution is 6.30. The van der Waals surface area contributed by atoms with Crippen LogP contribution >= 0.6 is 11.6 Å². The van der Waals surface area contributed by atoms with Crippen molar-refractivity contribution < 1.29 is 9.53 Å². The van der Waals surface area contributed by atoms with Gasteiger partial charge in [0.1, 0.15) is 11.6 Å². The van der Waals surface area contributed by atoms with E-state index in [-0.39, 0.29) is 5.91 Å². The van der Waals surface area contributed by atoms with Crippen LogP contribution in [0.3, 0.4) is 0 Å². The van der Waals surface area contributed by atoms with Gasteiger partial charge in [0, 0.05) is 22.9 Å². The summed E-state index contributed by atoms with van der Waals surface area (Å²) in [5.74, 6) is 1.92. The molecule has 2 heterocycles. The van der Waals surface area contributed by atoms with Crippen LogP contribution < -0.4 is 10.1 Å². The van der Waals surface area contributed by atoms with E-state index in [1.165, 1.54) is 0 Å². The largest absolute Gasteiger partial charge is 0.494 e. The number of carbonyl (C=O) groups is 1. The molecule has 7 heteroatoms. The lowest BCUT2D eigenvalue weighted by atomic mass is 10.1. The fourth-order valence-electron chi connectivity index (χ4n) is 3.57. The van der Waals surface area contributed by atoms with Crippen molar-refractivity contribution in [3.63, 3.8) is 0 Å². The van der Waals surface area contributed by atoms with Gasteiger partial charge in [-0.3, -0.25) is 4.79 Å². The predicted molar refractivity (Wildman–Crippen MR) is 128 cm³/mol. The first-order chi connectivity index (χ1) is 15.4. The summed E-state index contributed by atoms with van der Waals surface area (Å²) in [4.78, 5) is 17.4. The Bertz CT molecular complexity index is 1270. The molecule has 0 unspecified atom stereocenters. The highest BCUT2D eigenvalue weighted by atomic mass is 35.5. The van der Waals surface area contributed by atoms with Crippen molar-refractivity contribution in [3.8, 4) is 11.6 Å². The zero-order chi connectivity index (χ0) is 22.7. The highest BCUT2D eigenvalue weighted by Gasteiger charge is 2.14. The summed E-state index contributed by atoms with van der Waals surface area (Å²) in [7, 11) is 0. The van der Waals surface area contributed by atoms with Crippen molar-refractivity contribution in [1.29, 1.82) is 0 Å². The van der Waals surface area contributed by atoms with Crippen molar-refractivity contribution in [2.45, 2.75) is 33.6 Å². The van der Waals surface area contributed by atoms with E-state index in [1.54, 1.807) is 16.8 Å². The minimum atomic E-state index is -0.0976. The van der Waals surface area contributed by atoms with Crippen molar-refractivity contribution in [3.05, 3.63) is 76.4 Å². The minimum Gasteiger partial charge on any atom is -0.494 e. The summed E-state index contributed by atoms with van der Waals surface area (Å²) in [6, 6.07) is 17.2. The number of halogens is 1. The van der Waals surface area contributed by atoms with Gasteiger partial charge in [-0.1, -0.05) is 29.8 Å². The quantitative estimate of drug-likeness (QED) is 0.363. The molecule has 0 saturated heterocycles. The van der Waals surface area contributed by atoms with Crippen LogP contribution in [-0.4, -0.2) is 27.3 Å². The molecule has 2 aromatic heterocycles. The number of benzene rings is 2. The van der Waals surface area contributed by atoms with Crippen molar-refractivity contribution in [2.24, 2.45) is 0 Å². The van der Waals surface area contributed by atoms with Crippen molar-refractivity contribution >= 4 is 34.2 Å². The summed E-state index contributed by atoms with van der Waals surface area (Å²) in [5.41, 5.74) is 3.95. The van der Waals surface area contributed by atoms with E-state index in [0.29, 0.717) is 36.1 Å². The number of fused-ring (bicyclic) bond motifs is 1. The molecular formula is C25H25ClN4O2. The third-order valence-electron chi connectivity index (χ3n) is 5.18. The molecular weight excluding hydrogens is 424 g/mol. The monoisotopic (exact) mass is 448 g/mol. The first-order valence-corrected chi connectivity index (χ1v) is 10.9. The first kappa shape index (κ1) is 21.8. The molecule has 0 aliphatic heterocycles. The molecule has 0 aliphatic carbocycles. The molecule has 4 rings (SSSR count). The van der Waals surface area contributed by atoms with Crippen LogP contribution in [0, 0.1) is 20.8 Å². The van der Waals surface area contributed by atoms with E-state index in [0.717, 1.165) is 33.5 Å². The van der Waals surface area contributed by atoms with Gasteiger partial charge in [0.05, 0.1) is 17.8 Å². The number of anilines is 1. The van der Waals surface area contributed by atoms with E-state index in [9.17, 15) is 4.79 Å². The van der Waals surface area contributed by atoms with Gasteiger partial charge in [0.2, 0.25) is 5.91 Å². The smallest absolute Gasteiger partial charge is 0.225 e. The molecule has 0 saturated carbocycles. The number of nitrogens with zero attached hydrogens (tertiary/aromatic N) is 3. The van der Waals surface area contributed by atoms with E-state index in [4.69, 9.17) is 21.3 Å². The Morgan fingerprint density at radius 3 is 2.62 bits per heavy atom. The molecule has 0 fully saturated rings. The van der Waals surface area contributed by atoms with Gasteiger partial charge in [0.25, 0.3) is 0 Å². The van der Waals surface area contributed by atoms with E-state index >= 15 is 0 Å². The van der Waals surface area contributed by atoms with Crippen LogP contribution in [0.4, 0.5) is 5.82 Å². The molecule has 164 valence electrons. The predicted octanol–water partition coefficient (Wildman–Crippen LogP) is 5.80. The van der Waals surface area contributed by atoms with Gasteiger partial charge in [0.15, 0.2) is 5.82 Å². The average molecular weight is 449 g/mol. The summed E-state index contributed by atoms with van der Waals surface area (Å²) in [6.07, 6.45) is 0.926. The van der Waals surface area contributed by atoms with Gasteiger partial charge in [-0.25, -0.2) is 4.98 Å². The zero-order valence-electron chi connectivity index (χ0n) is 18.4. The number of hydrogen-bond acceptors (Lipinski definition) is 4. The summed E-state index contributed by atoms with van der Waals surface area (Å²) in [6.45, 7) is 6.44. The molecule has 2 aromatic carbocycles. The number of carbonyl (C=O) groups excluding carboxylic acids is 1. The normalized spacial score (nSPS) is 11.0. The Morgan fingerprint density at radius 1 is 1.06 bits per heavy atom. The van der Waals surface area contributed by atoms with Gasteiger partial charge < -0.3 is 10.1 Å². The molecule has 0 atom stereocenters. The van der Waals surface area contributed by atoms with Crippen LogP contribution in [0.5, 0.6) is 5.75 Å². The number of aromatic nitrogens is 3. The fraction of sp³-hybridized carbons (Fsp3) is 0.240. The molecule has 32 heavy (non-hydrogen) atoms. The van der Waals surface area contributed by atoms with Gasteiger partial charge in [-0.15, -0.1) is 0 Å². The Hall–Kier alpha value is -3.38. The van der Waals surface area contributed by atoms with Crippen LogP contribution in [-0.2, 0) is 4.79 Å². The number of rotatable bonds is 7. The molecule has 0 spiro atoms. The van der Waals surface area contributed by atoms with Crippen LogP contribution in [0.2, 0.25) is 5.02 Å². The highest BCUT2D eigenvalue weighted by Crippen LogP contribution is 2.24. The summed E-state index contributed by atoms with van der Waals surface area (Å²) < 4.78 is 7.35. The lowest BCUT2D eigenvalue weighted by Gasteiger charge is -2.12. The van der Waals surface area contributed by atoms with E-state index in [2.05, 4.69) is 23.4 Å². The third kappa shape index (κ3) is 4.92. The Morgan fingerprint density at radius 2 is 1.84 bits per heavy atom. The minimum absolute atomic E-state index is 0.0976. The number of aryl methyl sites for hydroxylation is 3. The number of para-hydroxylation sites is 1. The third-order valence-corrected chi connectivity index (χ3v) is 5.43. The van der Waals surface area contributed by atoms with Gasteiger partial charge in [-0.05, 0) is 68.7 Å². The van der Waals surface area contributed by atoms with Crippen molar-refractivity contribution in [1.82, 2.24) is 14.8 Å². The number of ether oxygens (including phenoxy) is 1. The first-order valence-electron chi connectivity index (χ1n) is 10.5. The molecule has 0 aliphatic rings. The van der Waals surface area contributed by atoms with Gasteiger partial charge in [-0.2, -0.15) is 9.78 Å². The molecule has 0 bridgehead atoms. The number of nitrogens with one attached hydrogen (secondary N) is 1. The van der Waals surface area contributed by atoms with Crippen LogP contribution in [0.25, 0.3) is 16.7 Å². The zero-order valence-corrected chi connectivity index (χ0v) is 19.1. The number of hydrogen-bond donors (Lipinski definition) is 1. The summed E-state index contributed by atoms with van der Waals surface area (Å²) in [5, 5.41) is 9.30. The molecule has 1 amide bonds. The van der Waals surface area contributed by atoms with Gasteiger partial charge >= 0.3 is 0 Å². The molecule has 1 N–H and O–H groups in total. The molecule has 6 nitrogen and oxygen atoms in total. The average Bonchev–Trinajstić information content (AvgIpc) is 3.13. The van der Waals surface area contributed by atoms with Crippen molar-refractivity contribution in [2.75, 3.05) is 11.9 Å². The standard InChI is InChI=1S/C25H25ClN4O2/c1-16-6-4-7-21-17(2)14-22(28-25(16)21)30-23(15-18(3)29-30)27-24(31)8-5-13-32-20-11-9-19(26)10-12-20/h4,6-7,9-12,14-15H,5,8,13H2,1-3H3,(H,27,31). The maximum Gasteiger partial charge on any atom is 0.225 e. The Labute approximate surface area is 192 Å². The maximum atomic E-state index is 12.5. The van der Waals surface area contributed by atoms with E-state index in [1.807, 2.05) is 50.2 Å². The Kier molecular flexibility index (Phi) is 6.42. The lowest BCUT2D eigenvalue weighted by Crippen LogP contribution is -2.16. The second-order valence-electron chi connectivity index (χ2n) is 7.81. The maximum absolute atomic E-state index is 12.5. The molecule has 0 radical (unpaired) electrons. The van der Waals surface area contributed by atoms with E-state index < -0.39 is 0 Å². The fourth-order valence-corrected chi connectivity index (χ4v) is 3.70.